The Kier molecular flexibility index (Phi) is 5.75. The predicted molar refractivity (Wildman–Crippen MR) is 82.6 cm³/mol. The maximum Gasteiger partial charge on any atom is 0.240 e. The van der Waals surface area contributed by atoms with E-state index < -0.39 is 10.0 Å². The lowest BCUT2D eigenvalue weighted by Crippen LogP contribution is -2.33. The Bertz CT molecular complexity index is 560. The fourth-order valence-electron chi connectivity index (χ4n) is 2.64. The Balaban J connectivity index is 2.05. The molecule has 0 spiro atoms. The van der Waals surface area contributed by atoms with Crippen LogP contribution in [-0.2, 0) is 21.3 Å². The minimum absolute atomic E-state index is 0.0302. The lowest BCUT2D eigenvalue weighted by molar-refractivity contribution is 0.107. The van der Waals surface area contributed by atoms with Crippen molar-refractivity contribution in [2.24, 2.45) is 0 Å². The van der Waals surface area contributed by atoms with Gasteiger partial charge in [-0.1, -0.05) is 19.1 Å². The van der Waals surface area contributed by atoms with Gasteiger partial charge in [0.05, 0.1) is 11.0 Å². The van der Waals surface area contributed by atoms with E-state index in [0.29, 0.717) is 11.4 Å². The molecule has 5 nitrogen and oxygen atoms in total. The van der Waals surface area contributed by atoms with Crippen molar-refractivity contribution in [2.45, 2.75) is 49.8 Å². The van der Waals surface area contributed by atoms with Crippen molar-refractivity contribution in [3.63, 3.8) is 0 Å². The van der Waals surface area contributed by atoms with Gasteiger partial charge in [-0.3, -0.25) is 0 Å². The maximum atomic E-state index is 12.4. The van der Waals surface area contributed by atoms with Crippen LogP contribution in [0, 0.1) is 0 Å². The molecule has 1 aromatic carbocycles. The van der Waals surface area contributed by atoms with Crippen molar-refractivity contribution in [1.29, 1.82) is 0 Å². The summed E-state index contributed by atoms with van der Waals surface area (Å²) in [6.45, 7) is 3.55. The fraction of sp³-hybridized carbons (Fsp3) is 0.600. The normalized spacial score (nSPS) is 22.6. The standard InChI is InChI=1S/C15H24N2O3S/c1-3-16-11-12-5-4-6-15(9-12)21(18,19)17-13-7-8-14(10-13)20-2/h4-6,9,13-14,16-17H,3,7-8,10-11H2,1-2H3. The number of rotatable bonds is 7. The van der Waals surface area contributed by atoms with Crippen LogP contribution in [0.4, 0.5) is 0 Å². The van der Waals surface area contributed by atoms with Crippen molar-refractivity contribution in [3.05, 3.63) is 29.8 Å². The third-order valence-corrected chi connectivity index (χ3v) is 5.35. The molecule has 0 aliphatic heterocycles. The summed E-state index contributed by atoms with van der Waals surface area (Å²) >= 11 is 0. The molecule has 0 aromatic heterocycles. The average Bonchev–Trinajstić information content (AvgIpc) is 2.92. The molecule has 1 saturated carbocycles. The lowest BCUT2D eigenvalue weighted by Gasteiger charge is -2.14. The second-order valence-corrected chi connectivity index (χ2v) is 7.13. The van der Waals surface area contributed by atoms with Crippen LogP contribution in [0.25, 0.3) is 0 Å². The van der Waals surface area contributed by atoms with Crippen LogP contribution >= 0.6 is 0 Å². The molecule has 0 bridgehead atoms. The van der Waals surface area contributed by atoms with E-state index in [1.165, 1.54) is 0 Å². The Morgan fingerprint density at radius 2 is 2.14 bits per heavy atom. The first-order valence-corrected chi connectivity index (χ1v) is 8.88. The number of hydrogen-bond donors (Lipinski definition) is 2. The molecule has 2 unspecified atom stereocenters. The monoisotopic (exact) mass is 312 g/mol. The average molecular weight is 312 g/mol. The zero-order valence-electron chi connectivity index (χ0n) is 12.6. The van der Waals surface area contributed by atoms with Crippen LogP contribution in [0.3, 0.4) is 0 Å². The summed E-state index contributed by atoms with van der Waals surface area (Å²) < 4.78 is 32.9. The van der Waals surface area contributed by atoms with Crippen LogP contribution in [0.1, 0.15) is 31.7 Å². The van der Waals surface area contributed by atoms with Crippen LogP contribution in [0.15, 0.2) is 29.2 Å². The van der Waals surface area contributed by atoms with Crippen molar-refractivity contribution in [2.75, 3.05) is 13.7 Å². The smallest absolute Gasteiger partial charge is 0.240 e. The number of hydrogen-bond acceptors (Lipinski definition) is 4. The molecule has 1 aliphatic carbocycles. The topological polar surface area (TPSA) is 67.4 Å². The molecule has 0 radical (unpaired) electrons. The van der Waals surface area contributed by atoms with Gasteiger partial charge >= 0.3 is 0 Å². The summed E-state index contributed by atoms with van der Waals surface area (Å²) in [7, 11) is -1.78. The van der Waals surface area contributed by atoms with Crippen molar-refractivity contribution in [3.8, 4) is 0 Å². The molecule has 6 heteroatoms. The van der Waals surface area contributed by atoms with Crippen molar-refractivity contribution >= 4 is 10.0 Å². The molecule has 1 fully saturated rings. The highest BCUT2D eigenvalue weighted by Crippen LogP contribution is 2.23. The molecule has 2 rings (SSSR count). The van der Waals surface area contributed by atoms with E-state index in [4.69, 9.17) is 4.74 Å². The van der Waals surface area contributed by atoms with Gasteiger partial charge in [0.15, 0.2) is 0 Å². The van der Waals surface area contributed by atoms with Gasteiger partial charge in [0.25, 0.3) is 0 Å². The molecular formula is C15H24N2O3S. The highest BCUT2D eigenvalue weighted by Gasteiger charge is 2.28. The molecule has 2 N–H and O–H groups in total. The largest absolute Gasteiger partial charge is 0.381 e. The maximum absolute atomic E-state index is 12.4. The molecule has 0 saturated heterocycles. The molecule has 0 amide bonds. The summed E-state index contributed by atoms with van der Waals surface area (Å²) in [5, 5.41) is 3.20. The first kappa shape index (κ1) is 16.4. The number of sulfonamides is 1. The summed E-state index contributed by atoms with van der Waals surface area (Å²) in [6, 6.07) is 7.05. The molecule has 1 aromatic rings. The van der Waals surface area contributed by atoms with Crippen LogP contribution in [-0.4, -0.2) is 34.2 Å². The lowest BCUT2D eigenvalue weighted by atomic mass is 10.2. The summed E-state index contributed by atoms with van der Waals surface area (Å²) in [5.74, 6) is 0. The van der Waals surface area contributed by atoms with Gasteiger partial charge < -0.3 is 10.1 Å². The van der Waals surface area contributed by atoms with Crippen molar-refractivity contribution < 1.29 is 13.2 Å². The van der Waals surface area contributed by atoms with E-state index in [9.17, 15) is 8.42 Å². The summed E-state index contributed by atoms with van der Waals surface area (Å²) in [4.78, 5) is 0.332. The molecule has 1 aliphatic rings. The molecule has 2 atom stereocenters. The first-order valence-electron chi connectivity index (χ1n) is 7.40. The summed E-state index contributed by atoms with van der Waals surface area (Å²) in [6.07, 6.45) is 2.64. The van der Waals surface area contributed by atoms with Gasteiger partial charge in [0.2, 0.25) is 10.0 Å². The third-order valence-electron chi connectivity index (χ3n) is 3.83. The second kappa shape index (κ2) is 7.35. The van der Waals surface area contributed by atoms with E-state index in [-0.39, 0.29) is 12.1 Å². The highest BCUT2D eigenvalue weighted by atomic mass is 32.2. The number of ether oxygens (including phenoxy) is 1. The van der Waals surface area contributed by atoms with Gasteiger partial charge in [-0.2, -0.15) is 0 Å². The zero-order valence-corrected chi connectivity index (χ0v) is 13.4. The Hall–Kier alpha value is -0.950. The minimum atomic E-state index is -3.46. The Morgan fingerprint density at radius 1 is 1.33 bits per heavy atom. The summed E-state index contributed by atoms with van der Waals surface area (Å²) in [5.41, 5.74) is 0.973. The van der Waals surface area contributed by atoms with Gasteiger partial charge in [0, 0.05) is 19.7 Å². The Morgan fingerprint density at radius 3 is 2.81 bits per heavy atom. The molecule has 118 valence electrons. The van der Waals surface area contributed by atoms with E-state index in [1.54, 1.807) is 25.3 Å². The van der Waals surface area contributed by atoms with Gasteiger partial charge in [-0.05, 0) is 43.5 Å². The minimum Gasteiger partial charge on any atom is -0.381 e. The SMILES string of the molecule is CCNCc1cccc(S(=O)(=O)NC2CCC(OC)C2)c1. The number of nitrogens with one attached hydrogen (secondary N) is 2. The van der Waals surface area contributed by atoms with E-state index in [2.05, 4.69) is 10.0 Å². The van der Waals surface area contributed by atoms with E-state index in [0.717, 1.165) is 31.4 Å². The Labute approximate surface area is 127 Å². The second-order valence-electron chi connectivity index (χ2n) is 5.42. The molecule has 21 heavy (non-hydrogen) atoms. The quantitative estimate of drug-likeness (QED) is 0.803. The fourth-order valence-corrected chi connectivity index (χ4v) is 3.99. The third kappa shape index (κ3) is 4.51. The van der Waals surface area contributed by atoms with E-state index >= 15 is 0 Å². The van der Waals surface area contributed by atoms with Gasteiger partial charge in [-0.25, -0.2) is 13.1 Å². The number of benzene rings is 1. The highest BCUT2D eigenvalue weighted by molar-refractivity contribution is 7.89. The van der Waals surface area contributed by atoms with Crippen LogP contribution in [0.5, 0.6) is 0 Å². The predicted octanol–water partition coefficient (Wildman–Crippen LogP) is 1.64. The van der Waals surface area contributed by atoms with Gasteiger partial charge in [0.1, 0.15) is 0 Å². The molecular weight excluding hydrogens is 288 g/mol. The van der Waals surface area contributed by atoms with Crippen molar-refractivity contribution in [1.82, 2.24) is 10.0 Å². The molecule has 0 heterocycles. The van der Waals surface area contributed by atoms with Crippen LogP contribution < -0.4 is 10.0 Å². The van der Waals surface area contributed by atoms with E-state index in [1.807, 2.05) is 13.0 Å². The first-order chi connectivity index (χ1) is 10.0. The van der Waals surface area contributed by atoms with Gasteiger partial charge in [-0.15, -0.1) is 0 Å². The zero-order chi connectivity index (χ0) is 15.3. The van der Waals surface area contributed by atoms with Crippen LogP contribution in [0.2, 0.25) is 0 Å². The number of methoxy groups -OCH3 is 1.